The molecule has 0 bridgehead atoms. The quantitative estimate of drug-likeness (QED) is 0.748. The fraction of sp³-hybridized carbons (Fsp3) is 0.222. The minimum absolute atomic E-state index is 0.357. The Morgan fingerprint density at radius 1 is 1.04 bits per heavy atom. The minimum Gasteiger partial charge on any atom is -0.493 e. The average molecular weight is 382 g/mol. The van der Waals surface area contributed by atoms with E-state index >= 15 is 0 Å². The number of nitrogens with zero attached hydrogens (tertiary/aromatic N) is 1. The third kappa shape index (κ3) is 5.13. The summed E-state index contributed by atoms with van der Waals surface area (Å²) in [7, 11) is 2.80. The normalized spacial score (nSPS) is 10.3. The molecule has 2 rings (SSSR count). The van der Waals surface area contributed by atoms with Gasteiger partial charge in [-0.15, -0.1) is 0 Å². The van der Waals surface area contributed by atoms with Crippen LogP contribution in [0, 0.1) is 17.5 Å². The van der Waals surface area contributed by atoms with Crippen molar-refractivity contribution in [3.63, 3.8) is 0 Å². The van der Waals surface area contributed by atoms with Gasteiger partial charge in [-0.1, -0.05) is 12.1 Å². The number of halogens is 3. The predicted octanol–water partition coefficient (Wildman–Crippen LogP) is 2.59. The molecule has 2 aromatic carbocycles. The molecule has 0 aliphatic heterocycles. The van der Waals surface area contributed by atoms with Crippen molar-refractivity contribution in [3.05, 3.63) is 53.8 Å². The molecule has 144 valence electrons. The highest BCUT2D eigenvalue weighted by Gasteiger charge is 2.18. The maximum atomic E-state index is 13.6. The highest BCUT2D eigenvalue weighted by Crippen LogP contribution is 2.25. The van der Waals surface area contributed by atoms with Crippen LogP contribution in [0.15, 0.2) is 36.4 Å². The van der Waals surface area contributed by atoms with Gasteiger partial charge in [0.2, 0.25) is 5.91 Å². The highest BCUT2D eigenvalue weighted by atomic mass is 19.2. The molecule has 0 radical (unpaired) electrons. The van der Waals surface area contributed by atoms with Gasteiger partial charge in [-0.2, -0.15) is 0 Å². The zero-order valence-corrected chi connectivity index (χ0v) is 14.6. The van der Waals surface area contributed by atoms with Crippen molar-refractivity contribution in [1.29, 1.82) is 0 Å². The zero-order valence-electron chi connectivity index (χ0n) is 14.6. The zero-order chi connectivity index (χ0) is 20.0. The van der Waals surface area contributed by atoms with Gasteiger partial charge in [0.15, 0.2) is 35.6 Å². The van der Waals surface area contributed by atoms with Crippen molar-refractivity contribution in [2.75, 3.05) is 32.6 Å². The van der Waals surface area contributed by atoms with Crippen LogP contribution in [0.3, 0.4) is 0 Å². The number of likely N-dealkylation sites (N-methyl/N-ethyl adjacent to an activating group) is 1. The van der Waals surface area contributed by atoms with Gasteiger partial charge >= 0.3 is 0 Å². The van der Waals surface area contributed by atoms with Crippen LogP contribution < -0.4 is 14.8 Å². The number of carbonyl (C=O) groups is 2. The SMILES string of the molecule is COc1ccccc1OCC(=O)N(C)CC(=O)Nc1ccc(F)c(F)c1F. The highest BCUT2D eigenvalue weighted by molar-refractivity contribution is 5.94. The largest absolute Gasteiger partial charge is 0.493 e. The first kappa shape index (κ1) is 20.1. The van der Waals surface area contributed by atoms with Gasteiger partial charge in [-0.25, -0.2) is 13.2 Å². The van der Waals surface area contributed by atoms with E-state index in [4.69, 9.17) is 9.47 Å². The molecule has 1 N–H and O–H groups in total. The molecule has 0 atom stereocenters. The van der Waals surface area contributed by atoms with E-state index in [1.54, 1.807) is 24.3 Å². The second-order valence-corrected chi connectivity index (χ2v) is 5.46. The van der Waals surface area contributed by atoms with Gasteiger partial charge in [0, 0.05) is 7.05 Å². The van der Waals surface area contributed by atoms with E-state index in [2.05, 4.69) is 5.32 Å². The first-order valence-electron chi connectivity index (χ1n) is 7.76. The molecule has 0 aliphatic carbocycles. The third-order valence-corrected chi connectivity index (χ3v) is 3.54. The van der Waals surface area contributed by atoms with Crippen molar-refractivity contribution < 1.29 is 32.2 Å². The molecule has 0 saturated carbocycles. The molecule has 0 spiro atoms. The van der Waals surface area contributed by atoms with Crippen molar-refractivity contribution in [2.24, 2.45) is 0 Å². The second kappa shape index (κ2) is 8.93. The summed E-state index contributed by atoms with van der Waals surface area (Å²) in [6.07, 6.45) is 0. The van der Waals surface area contributed by atoms with Crippen LogP contribution in [0.25, 0.3) is 0 Å². The first-order chi connectivity index (χ1) is 12.8. The summed E-state index contributed by atoms with van der Waals surface area (Å²) in [5, 5.41) is 2.08. The second-order valence-electron chi connectivity index (χ2n) is 5.46. The van der Waals surface area contributed by atoms with Crippen molar-refractivity contribution >= 4 is 17.5 Å². The van der Waals surface area contributed by atoms with Crippen LogP contribution in [-0.4, -0.2) is 44.0 Å². The summed E-state index contributed by atoms with van der Waals surface area (Å²) in [5.74, 6) is -5.09. The fourth-order valence-electron chi connectivity index (χ4n) is 2.10. The van der Waals surface area contributed by atoms with E-state index < -0.39 is 41.5 Å². The van der Waals surface area contributed by atoms with Crippen molar-refractivity contribution in [2.45, 2.75) is 0 Å². The summed E-state index contributed by atoms with van der Waals surface area (Å²) in [4.78, 5) is 25.0. The molecular weight excluding hydrogens is 365 g/mol. The van der Waals surface area contributed by atoms with Gasteiger partial charge in [-0.05, 0) is 24.3 Å². The smallest absolute Gasteiger partial charge is 0.260 e. The topological polar surface area (TPSA) is 67.9 Å². The lowest BCUT2D eigenvalue weighted by molar-refractivity contribution is -0.135. The van der Waals surface area contributed by atoms with E-state index in [1.165, 1.54) is 14.2 Å². The Balaban J connectivity index is 1.90. The average Bonchev–Trinajstić information content (AvgIpc) is 2.66. The number of hydrogen-bond acceptors (Lipinski definition) is 4. The van der Waals surface area contributed by atoms with Gasteiger partial charge < -0.3 is 19.7 Å². The summed E-state index contributed by atoms with van der Waals surface area (Å²) >= 11 is 0. The van der Waals surface area contributed by atoms with Crippen LogP contribution in [0.1, 0.15) is 0 Å². The van der Waals surface area contributed by atoms with Crippen LogP contribution in [0.2, 0.25) is 0 Å². The number of amides is 2. The molecule has 9 heteroatoms. The monoisotopic (exact) mass is 382 g/mol. The number of ether oxygens (including phenoxy) is 2. The summed E-state index contributed by atoms with van der Waals surface area (Å²) in [6.45, 7) is -0.795. The Morgan fingerprint density at radius 2 is 1.70 bits per heavy atom. The number of anilines is 1. The number of hydrogen-bond donors (Lipinski definition) is 1. The number of nitrogens with one attached hydrogen (secondary N) is 1. The predicted molar refractivity (Wildman–Crippen MR) is 91.1 cm³/mol. The van der Waals surface area contributed by atoms with E-state index in [9.17, 15) is 22.8 Å². The molecular formula is C18H17F3N2O4. The molecule has 0 saturated heterocycles. The number of benzene rings is 2. The Bertz CT molecular complexity index is 845. The first-order valence-corrected chi connectivity index (χ1v) is 7.76. The van der Waals surface area contributed by atoms with Crippen molar-refractivity contribution in [1.82, 2.24) is 4.90 Å². The fourth-order valence-corrected chi connectivity index (χ4v) is 2.10. The minimum atomic E-state index is -1.69. The Kier molecular flexibility index (Phi) is 6.64. The Hall–Kier alpha value is -3.23. The van der Waals surface area contributed by atoms with E-state index in [1.807, 2.05) is 0 Å². The summed E-state index contributed by atoms with van der Waals surface area (Å²) in [5.41, 5.74) is -0.523. The molecule has 0 heterocycles. The molecule has 0 unspecified atom stereocenters. The van der Waals surface area contributed by atoms with E-state index in [0.717, 1.165) is 11.0 Å². The molecule has 0 aromatic heterocycles. The summed E-state index contributed by atoms with van der Waals surface area (Å²) in [6, 6.07) is 8.29. The third-order valence-electron chi connectivity index (χ3n) is 3.54. The molecule has 6 nitrogen and oxygen atoms in total. The standard InChI is InChI=1S/C18H17F3N2O4/c1-23(16(25)10-27-14-6-4-3-5-13(14)26-2)9-15(24)22-12-8-7-11(19)17(20)18(12)21/h3-8H,9-10H2,1-2H3,(H,22,24). The lowest BCUT2D eigenvalue weighted by Gasteiger charge is -2.18. The molecule has 0 fully saturated rings. The maximum Gasteiger partial charge on any atom is 0.260 e. The van der Waals surface area contributed by atoms with Crippen LogP contribution in [0.5, 0.6) is 11.5 Å². The Labute approximate surface area is 153 Å². The molecule has 0 aliphatic rings. The lowest BCUT2D eigenvalue weighted by atomic mass is 10.2. The molecule has 27 heavy (non-hydrogen) atoms. The van der Waals surface area contributed by atoms with Crippen LogP contribution in [-0.2, 0) is 9.59 Å². The van der Waals surface area contributed by atoms with E-state index in [0.29, 0.717) is 17.6 Å². The van der Waals surface area contributed by atoms with Gasteiger partial charge in [-0.3, -0.25) is 9.59 Å². The number of para-hydroxylation sites is 2. The van der Waals surface area contributed by atoms with Crippen LogP contribution >= 0.6 is 0 Å². The number of rotatable bonds is 7. The summed E-state index contributed by atoms with van der Waals surface area (Å²) < 4.78 is 50.1. The number of methoxy groups -OCH3 is 1. The van der Waals surface area contributed by atoms with Gasteiger partial charge in [0.05, 0.1) is 19.3 Å². The van der Waals surface area contributed by atoms with Gasteiger partial charge in [0.25, 0.3) is 5.91 Å². The molecule has 2 amide bonds. The van der Waals surface area contributed by atoms with E-state index in [-0.39, 0.29) is 6.61 Å². The lowest BCUT2D eigenvalue weighted by Crippen LogP contribution is -2.37. The molecule has 2 aromatic rings. The van der Waals surface area contributed by atoms with Crippen LogP contribution in [0.4, 0.5) is 18.9 Å². The van der Waals surface area contributed by atoms with Gasteiger partial charge in [0.1, 0.15) is 0 Å². The van der Waals surface area contributed by atoms with Crippen molar-refractivity contribution in [3.8, 4) is 11.5 Å². The Morgan fingerprint density at radius 3 is 2.37 bits per heavy atom. The number of carbonyl (C=O) groups excluding carboxylic acids is 2. The maximum absolute atomic E-state index is 13.6.